The summed E-state index contributed by atoms with van der Waals surface area (Å²) in [6, 6.07) is 12.7. The van der Waals surface area contributed by atoms with E-state index in [4.69, 9.17) is 4.74 Å². The second kappa shape index (κ2) is 4.00. The van der Waals surface area contributed by atoms with Crippen LogP contribution in [0.4, 0.5) is 0 Å². The van der Waals surface area contributed by atoms with Gasteiger partial charge in [0.15, 0.2) is 5.75 Å². The first-order valence-electron chi connectivity index (χ1n) is 4.68. The summed E-state index contributed by atoms with van der Waals surface area (Å²) < 4.78 is 5.42. The first-order chi connectivity index (χ1) is 7.25. The Morgan fingerprint density at radius 2 is 1.80 bits per heavy atom. The summed E-state index contributed by atoms with van der Waals surface area (Å²) in [5.41, 5.74) is 0.610. The molecule has 0 amide bonds. The molecule has 0 radical (unpaired) electrons. The Kier molecular flexibility index (Phi) is 2.54. The minimum absolute atomic E-state index is 0.209. The van der Waals surface area contributed by atoms with Gasteiger partial charge in [-0.15, -0.1) is 0 Å². The molecule has 1 N–H and O–H groups in total. The van der Waals surface area contributed by atoms with Crippen LogP contribution in [-0.4, -0.2) is 4.98 Å². The van der Waals surface area contributed by atoms with E-state index in [-0.39, 0.29) is 5.56 Å². The number of aryl methyl sites for hydroxylation is 1. The van der Waals surface area contributed by atoms with Gasteiger partial charge in [-0.1, -0.05) is 18.2 Å². The number of nitrogens with one attached hydrogen (secondary N) is 1. The van der Waals surface area contributed by atoms with Crippen molar-refractivity contribution in [1.82, 2.24) is 4.98 Å². The minimum Gasteiger partial charge on any atom is -0.452 e. The Balaban J connectivity index is 2.29. The van der Waals surface area contributed by atoms with Gasteiger partial charge in [-0.05, 0) is 31.2 Å². The lowest BCUT2D eigenvalue weighted by Gasteiger charge is -2.04. The molecule has 0 saturated heterocycles. The fourth-order valence-corrected chi connectivity index (χ4v) is 1.25. The predicted octanol–water partition coefficient (Wildman–Crippen LogP) is 2.48. The van der Waals surface area contributed by atoms with E-state index in [0.717, 1.165) is 5.69 Å². The molecule has 3 nitrogen and oxygen atoms in total. The van der Waals surface area contributed by atoms with Crippen molar-refractivity contribution in [3.8, 4) is 11.5 Å². The molecule has 0 saturated carbocycles. The third-order valence-corrected chi connectivity index (χ3v) is 1.99. The fraction of sp³-hybridized carbons (Fsp3) is 0.0833. The van der Waals surface area contributed by atoms with Gasteiger partial charge in [0, 0.05) is 5.69 Å². The van der Waals surface area contributed by atoms with Crippen LogP contribution < -0.4 is 10.3 Å². The minimum atomic E-state index is -0.209. The monoisotopic (exact) mass is 201 g/mol. The summed E-state index contributed by atoms with van der Waals surface area (Å²) in [6.45, 7) is 1.83. The first-order valence-corrected chi connectivity index (χ1v) is 4.68. The average Bonchev–Trinajstić information content (AvgIpc) is 2.24. The zero-order valence-electron chi connectivity index (χ0n) is 8.36. The molecule has 0 aliphatic heterocycles. The number of rotatable bonds is 2. The van der Waals surface area contributed by atoms with Crippen LogP contribution in [0.5, 0.6) is 11.5 Å². The van der Waals surface area contributed by atoms with E-state index in [2.05, 4.69) is 4.98 Å². The van der Waals surface area contributed by atoms with Crippen LogP contribution in [0.1, 0.15) is 5.69 Å². The number of benzene rings is 1. The van der Waals surface area contributed by atoms with E-state index in [0.29, 0.717) is 11.5 Å². The van der Waals surface area contributed by atoms with Crippen molar-refractivity contribution in [2.45, 2.75) is 6.92 Å². The number of ether oxygens (including phenoxy) is 1. The maximum Gasteiger partial charge on any atom is 0.291 e. The van der Waals surface area contributed by atoms with Crippen LogP contribution in [0, 0.1) is 6.92 Å². The highest BCUT2D eigenvalue weighted by Crippen LogP contribution is 2.16. The van der Waals surface area contributed by atoms with Gasteiger partial charge in [0.2, 0.25) is 0 Å². The molecule has 2 rings (SSSR count). The van der Waals surface area contributed by atoms with E-state index in [9.17, 15) is 4.79 Å². The number of hydrogen-bond acceptors (Lipinski definition) is 2. The van der Waals surface area contributed by atoms with Crippen LogP contribution in [0.25, 0.3) is 0 Å². The summed E-state index contributed by atoms with van der Waals surface area (Å²) in [4.78, 5) is 14.1. The van der Waals surface area contributed by atoms with Gasteiger partial charge >= 0.3 is 0 Å². The smallest absolute Gasteiger partial charge is 0.291 e. The molecular weight excluding hydrogens is 190 g/mol. The maximum absolute atomic E-state index is 11.5. The summed E-state index contributed by atoms with van der Waals surface area (Å²) >= 11 is 0. The quantitative estimate of drug-likeness (QED) is 0.811. The Morgan fingerprint density at radius 1 is 1.07 bits per heavy atom. The molecule has 76 valence electrons. The maximum atomic E-state index is 11.5. The standard InChI is InChI=1S/C12H11NO2/c1-9-7-8-11(12(14)13-9)15-10-5-3-2-4-6-10/h2-8H,1H3,(H,13,14). The number of aromatic nitrogens is 1. The third kappa shape index (κ3) is 2.26. The van der Waals surface area contributed by atoms with E-state index < -0.39 is 0 Å². The van der Waals surface area contributed by atoms with E-state index >= 15 is 0 Å². The van der Waals surface area contributed by atoms with Crippen molar-refractivity contribution in [3.05, 3.63) is 58.5 Å². The zero-order valence-corrected chi connectivity index (χ0v) is 8.36. The molecule has 3 heteroatoms. The molecule has 2 aromatic rings. The SMILES string of the molecule is Cc1ccc(Oc2ccccc2)c(=O)[nH]1. The zero-order chi connectivity index (χ0) is 10.7. The second-order valence-electron chi connectivity index (χ2n) is 3.25. The van der Waals surface area contributed by atoms with Gasteiger partial charge in [-0.3, -0.25) is 4.79 Å². The molecule has 0 atom stereocenters. The Hall–Kier alpha value is -2.03. The van der Waals surface area contributed by atoms with Crippen molar-refractivity contribution in [2.24, 2.45) is 0 Å². The molecule has 0 bridgehead atoms. The Morgan fingerprint density at radius 3 is 2.47 bits per heavy atom. The number of pyridine rings is 1. The number of para-hydroxylation sites is 1. The largest absolute Gasteiger partial charge is 0.452 e. The van der Waals surface area contributed by atoms with E-state index in [1.807, 2.05) is 25.1 Å². The molecule has 0 spiro atoms. The summed E-state index contributed by atoms with van der Waals surface area (Å²) in [7, 11) is 0. The van der Waals surface area contributed by atoms with Crippen LogP contribution in [0.3, 0.4) is 0 Å². The van der Waals surface area contributed by atoms with Crippen LogP contribution in [0.15, 0.2) is 47.3 Å². The average molecular weight is 201 g/mol. The lowest BCUT2D eigenvalue weighted by atomic mass is 10.3. The van der Waals surface area contributed by atoms with Crippen molar-refractivity contribution in [2.75, 3.05) is 0 Å². The second-order valence-corrected chi connectivity index (χ2v) is 3.25. The normalized spacial score (nSPS) is 9.93. The molecule has 0 unspecified atom stereocenters. The third-order valence-electron chi connectivity index (χ3n) is 1.99. The summed E-state index contributed by atoms with van der Waals surface area (Å²) in [5.74, 6) is 0.971. The molecule has 1 heterocycles. The van der Waals surface area contributed by atoms with Crippen molar-refractivity contribution < 1.29 is 4.74 Å². The van der Waals surface area contributed by atoms with Gasteiger partial charge in [-0.25, -0.2) is 0 Å². The van der Waals surface area contributed by atoms with Crippen LogP contribution in [-0.2, 0) is 0 Å². The molecule has 0 aliphatic carbocycles. The molecule has 0 aliphatic rings. The molecule has 1 aromatic heterocycles. The highest BCUT2D eigenvalue weighted by molar-refractivity contribution is 5.29. The lowest BCUT2D eigenvalue weighted by Crippen LogP contribution is -2.09. The molecular formula is C12H11NO2. The van der Waals surface area contributed by atoms with Crippen LogP contribution >= 0.6 is 0 Å². The molecule has 1 aromatic carbocycles. The van der Waals surface area contributed by atoms with Crippen molar-refractivity contribution in [3.63, 3.8) is 0 Å². The Bertz CT molecular complexity index is 503. The number of aromatic amines is 1. The lowest BCUT2D eigenvalue weighted by molar-refractivity contribution is 0.474. The highest BCUT2D eigenvalue weighted by atomic mass is 16.5. The predicted molar refractivity (Wildman–Crippen MR) is 58.3 cm³/mol. The summed E-state index contributed by atoms with van der Waals surface area (Å²) in [5, 5.41) is 0. The number of H-pyrrole nitrogens is 1. The fourth-order valence-electron chi connectivity index (χ4n) is 1.25. The van der Waals surface area contributed by atoms with Gasteiger partial charge in [0.05, 0.1) is 0 Å². The van der Waals surface area contributed by atoms with Gasteiger partial charge < -0.3 is 9.72 Å². The van der Waals surface area contributed by atoms with Crippen LogP contribution in [0.2, 0.25) is 0 Å². The Labute approximate surface area is 87.3 Å². The topological polar surface area (TPSA) is 42.1 Å². The molecule has 15 heavy (non-hydrogen) atoms. The van der Waals surface area contributed by atoms with Gasteiger partial charge in [0.1, 0.15) is 5.75 Å². The highest BCUT2D eigenvalue weighted by Gasteiger charge is 2.01. The van der Waals surface area contributed by atoms with E-state index in [1.54, 1.807) is 24.3 Å². The molecule has 0 fully saturated rings. The van der Waals surface area contributed by atoms with Crippen molar-refractivity contribution >= 4 is 0 Å². The number of hydrogen-bond donors (Lipinski definition) is 1. The van der Waals surface area contributed by atoms with Gasteiger partial charge in [0.25, 0.3) is 5.56 Å². The summed E-state index contributed by atoms with van der Waals surface area (Å²) in [6.07, 6.45) is 0. The first kappa shape index (κ1) is 9.52. The van der Waals surface area contributed by atoms with E-state index in [1.165, 1.54) is 0 Å². The van der Waals surface area contributed by atoms with Crippen molar-refractivity contribution in [1.29, 1.82) is 0 Å². The van der Waals surface area contributed by atoms with Gasteiger partial charge in [-0.2, -0.15) is 0 Å².